The predicted molar refractivity (Wildman–Crippen MR) is 126 cm³/mol. The topological polar surface area (TPSA) is 103 Å². The summed E-state index contributed by atoms with van der Waals surface area (Å²) in [6, 6.07) is 13.7. The fourth-order valence-corrected chi connectivity index (χ4v) is 3.80. The van der Waals surface area contributed by atoms with E-state index in [0.29, 0.717) is 11.0 Å². The molecule has 32 heavy (non-hydrogen) atoms. The van der Waals surface area contributed by atoms with E-state index in [0.717, 1.165) is 32.7 Å². The van der Waals surface area contributed by atoms with Gasteiger partial charge in [-0.2, -0.15) is 5.10 Å². The zero-order valence-electron chi connectivity index (χ0n) is 17.5. The first kappa shape index (κ1) is 21.5. The lowest BCUT2D eigenvalue weighted by Gasteiger charge is -2.11. The number of halogens is 1. The molecule has 9 heteroatoms. The maximum Gasteiger partial charge on any atom is 0.307 e. The molecular weight excluding hydrogens is 476 g/mol. The summed E-state index contributed by atoms with van der Waals surface area (Å²) in [7, 11) is 0. The van der Waals surface area contributed by atoms with Crippen LogP contribution >= 0.6 is 15.9 Å². The number of nitro benzene ring substituents is 1. The summed E-state index contributed by atoms with van der Waals surface area (Å²) < 4.78 is 8.65. The van der Waals surface area contributed by atoms with Crippen LogP contribution in [0.15, 0.2) is 62.5 Å². The Morgan fingerprint density at radius 2 is 1.94 bits per heavy atom. The molecule has 4 rings (SSSR count). The van der Waals surface area contributed by atoms with Crippen LogP contribution in [-0.2, 0) is 0 Å². The first-order chi connectivity index (χ1) is 15.2. The molecule has 1 N–H and O–H groups in total. The molecule has 2 aromatic carbocycles. The normalized spacial score (nSPS) is 11.4. The summed E-state index contributed by atoms with van der Waals surface area (Å²) in [5, 5.41) is 15.4. The highest BCUT2D eigenvalue weighted by Crippen LogP contribution is 2.25. The Morgan fingerprint density at radius 1 is 1.16 bits per heavy atom. The molecule has 0 unspecified atom stereocenters. The lowest BCUT2D eigenvalue weighted by Crippen LogP contribution is -2.16. The van der Waals surface area contributed by atoms with Gasteiger partial charge in [0.1, 0.15) is 5.58 Å². The number of nitrogens with zero attached hydrogens (tertiary/aromatic N) is 3. The molecule has 0 atom stereocenters. The Balaban J connectivity index is 1.53. The van der Waals surface area contributed by atoms with Gasteiger partial charge in [-0.1, -0.05) is 15.9 Å². The van der Waals surface area contributed by atoms with E-state index in [1.54, 1.807) is 6.21 Å². The van der Waals surface area contributed by atoms with Gasteiger partial charge in [-0.05, 0) is 62.7 Å². The lowest BCUT2D eigenvalue weighted by molar-refractivity contribution is -0.384. The minimum atomic E-state index is -0.544. The maximum atomic E-state index is 12.4. The minimum Gasteiger partial charge on any atom is -0.451 e. The second-order valence-corrected chi connectivity index (χ2v) is 8.24. The number of rotatable bonds is 5. The van der Waals surface area contributed by atoms with E-state index >= 15 is 0 Å². The number of nitro groups is 1. The lowest BCUT2D eigenvalue weighted by atomic mass is 10.2. The molecule has 0 fully saturated rings. The number of aryl methyl sites for hydroxylation is 2. The van der Waals surface area contributed by atoms with Crippen molar-refractivity contribution in [1.29, 1.82) is 0 Å². The SMILES string of the molecule is Cc1cc(-n2c(C)cc(/C=N\NC(=O)c3cc4cc([N+](=O)[O-])ccc4o3)c2C)ccc1Br. The molecule has 1 amide bonds. The number of nitrogens with one attached hydrogen (secondary N) is 1. The highest BCUT2D eigenvalue weighted by atomic mass is 79.9. The number of hydrogen-bond donors (Lipinski definition) is 1. The number of hydrogen-bond acceptors (Lipinski definition) is 5. The van der Waals surface area contributed by atoms with Gasteiger partial charge in [0.2, 0.25) is 0 Å². The van der Waals surface area contributed by atoms with Crippen LogP contribution < -0.4 is 5.43 Å². The minimum absolute atomic E-state index is 0.0217. The average molecular weight is 495 g/mol. The fraction of sp³-hybridized carbons (Fsp3) is 0.130. The van der Waals surface area contributed by atoms with Crippen LogP contribution in [0.4, 0.5) is 5.69 Å². The molecule has 0 radical (unpaired) electrons. The summed E-state index contributed by atoms with van der Waals surface area (Å²) in [5.41, 5.74) is 7.82. The van der Waals surface area contributed by atoms with Crippen molar-refractivity contribution in [2.75, 3.05) is 0 Å². The number of carbonyl (C=O) groups is 1. The summed E-state index contributed by atoms with van der Waals surface area (Å²) >= 11 is 3.52. The van der Waals surface area contributed by atoms with E-state index in [1.807, 2.05) is 39.0 Å². The molecule has 0 aliphatic carbocycles. The van der Waals surface area contributed by atoms with Crippen molar-refractivity contribution in [2.24, 2.45) is 5.10 Å². The zero-order chi connectivity index (χ0) is 23.0. The zero-order valence-corrected chi connectivity index (χ0v) is 19.1. The number of hydrazone groups is 1. The molecule has 0 saturated heterocycles. The van der Waals surface area contributed by atoms with E-state index < -0.39 is 10.8 Å². The van der Waals surface area contributed by atoms with Gasteiger partial charge in [-0.15, -0.1) is 0 Å². The smallest absolute Gasteiger partial charge is 0.307 e. The molecule has 4 aromatic rings. The third-order valence-electron chi connectivity index (χ3n) is 5.17. The van der Waals surface area contributed by atoms with Crippen molar-refractivity contribution in [3.05, 3.63) is 91.4 Å². The number of fused-ring (bicyclic) bond motifs is 1. The highest BCUT2D eigenvalue weighted by molar-refractivity contribution is 9.10. The number of benzene rings is 2. The molecular formula is C23H19BrN4O4. The van der Waals surface area contributed by atoms with E-state index in [2.05, 4.69) is 37.1 Å². The van der Waals surface area contributed by atoms with Gasteiger partial charge in [0.25, 0.3) is 5.69 Å². The van der Waals surface area contributed by atoms with Crippen LogP contribution in [0.3, 0.4) is 0 Å². The first-order valence-corrected chi connectivity index (χ1v) is 10.5. The van der Waals surface area contributed by atoms with E-state index in [-0.39, 0.29) is 11.4 Å². The van der Waals surface area contributed by atoms with Crippen molar-refractivity contribution in [1.82, 2.24) is 9.99 Å². The standard InChI is InChI=1S/C23H19BrN4O4/c1-13-8-18(4-6-20(13)24)27-14(2)9-17(15(27)3)12-25-26-23(29)22-11-16-10-19(28(30)31)5-7-21(16)32-22/h4-12H,1-3H3,(H,26,29)/b25-12-. The van der Waals surface area contributed by atoms with Crippen LogP contribution in [0.1, 0.15) is 33.1 Å². The molecule has 0 aliphatic rings. The highest BCUT2D eigenvalue weighted by Gasteiger charge is 2.15. The quantitative estimate of drug-likeness (QED) is 0.222. The predicted octanol–water partition coefficient (Wildman–Crippen LogP) is 5.58. The number of furan rings is 1. The molecule has 0 bridgehead atoms. The molecule has 0 spiro atoms. The van der Waals surface area contributed by atoms with Crippen molar-refractivity contribution in [3.63, 3.8) is 0 Å². The summed E-state index contributed by atoms with van der Waals surface area (Å²) in [5.74, 6) is -0.522. The van der Waals surface area contributed by atoms with Crippen LogP contribution in [0.5, 0.6) is 0 Å². The maximum absolute atomic E-state index is 12.4. The molecule has 0 aliphatic heterocycles. The van der Waals surface area contributed by atoms with E-state index in [9.17, 15) is 14.9 Å². The Morgan fingerprint density at radius 3 is 2.66 bits per heavy atom. The summed E-state index contributed by atoms with van der Waals surface area (Å²) in [4.78, 5) is 22.8. The van der Waals surface area contributed by atoms with Crippen molar-refractivity contribution in [3.8, 4) is 5.69 Å². The van der Waals surface area contributed by atoms with Crippen LogP contribution in [0, 0.1) is 30.9 Å². The van der Waals surface area contributed by atoms with Gasteiger partial charge in [0, 0.05) is 44.6 Å². The Labute approximate surface area is 191 Å². The number of carbonyl (C=O) groups excluding carboxylic acids is 1. The van der Waals surface area contributed by atoms with E-state index in [1.165, 1.54) is 24.3 Å². The summed E-state index contributed by atoms with van der Waals surface area (Å²) in [6.45, 7) is 6.03. The van der Waals surface area contributed by atoms with Gasteiger partial charge in [0.05, 0.1) is 11.1 Å². The van der Waals surface area contributed by atoms with Crippen molar-refractivity contribution in [2.45, 2.75) is 20.8 Å². The van der Waals surface area contributed by atoms with Crippen LogP contribution in [-0.4, -0.2) is 21.6 Å². The second-order valence-electron chi connectivity index (χ2n) is 7.38. The average Bonchev–Trinajstić information content (AvgIpc) is 3.30. The number of non-ortho nitro benzene ring substituents is 1. The number of aromatic nitrogens is 1. The Kier molecular flexibility index (Phi) is 5.67. The summed E-state index contributed by atoms with van der Waals surface area (Å²) in [6.07, 6.45) is 1.58. The fourth-order valence-electron chi connectivity index (χ4n) is 3.56. The Hall–Kier alpha value is -3.72. The van der Waals surface area contributed by atoms with Gasteiger partial charge >= 0.3 is 5.91 Å². The first-order valence-electron chi connectivity index (χ1n) is 9.71. The third kappa shape index (κ3) is 4.06. The van der Waals surface area contributed by atoms with Crippen LogP contribution in [0.2, 0.25) is 0 Å². The molecule has 8 nitrogen and oxygen atoms in total. The van der Waals surface area contributed by atoms with Crippen molar-refractivity contribution < 1.29 is 14.1 Å². The largest absolute Gasteiger partial charge is 0.451 e. The van der Waals surface area contributed by atoms with Crippen molar-refractivity contribution >= 4 is 44.7 Å². The third-order valence-corrected chi connectivity index (χ3v) is 6.06. The van der Waals surface area contributed by atoms with Gasteiger partial charge in [-0.3, -0.25) is 14.9 Å². The second kappa shape index (κ2) is 8.43. The van der Waals surface area contributed by atoms with Crippen LogP contribution in [0.25, 0.3) is 16.7 Å². The molecule has 162 valence electrons. The molecule has 2 heterocycles. The monoisotopic (exact) mass is 494 g/mol. The number of amides is 1. The van der Waals surface area contributed by atoms with Gasteiger partial charge < -0.3 is 8.98 Å². The molecule has 0 saturated carbocycles. The van der Waals surface area contributed by atoms with Gasteiger partial charge in [0.15, 0.2) is 5.76 Å². The molecule has 2 aromatic heterocycles. The van der Waals surface area contributed by atoms with Gasteiger partial charge in [-0.25, -0.2) is 5.43 Å². The van der Waals surface area contributed by atoms with E-state index in [4.69, 9.17) is 4.42 Å². The Bertz CT molecular complexity index is 1400.